The number of carbonyl (C=O) groups excluding carboxylic acids is 2. The smallest absolute Gasteiger partial charge is 0.349 e. The molecule has 286 valence electrons. The zero-order valence-electron chi connectivity index (χ0n) is 33.0. The lowest BCUT2D eigenvalue weighted by Crippen LogP contribution is -2.66. The molecule has 0 saturated carbocycles. The number of aromatic nitrogens is 4. The minimum absolute atomic E-state index is 0.0340. The molecule has 0 N–H and O–H groups in total. The fourth-order valence-electron chi connectivity index (χ4n) is 6.57. The highest BCUT2D eigenvalue weighted by atomic mass is 28.4. The average molecular weight is 751 g/mol. The zero-order chi connectivity index (χ0) is 38.5. The van der Waals surface area contributed by atoms with Gasteiger partial charge in [-0.3, -0.25) is 23.5 Å². The summed E-state index contributed by atoms with van der Waals surface area (Å²) in [7, 11) is -1.77. The molecule has 2 fully saturated rings. The Morgan fingerprint density at radius 1 is 1.10 bits per heavy atom. The summed E-state index contributed by atoms with van der Waals surface area (Å²) in [5.41, 5.74) is -0.217. The summed E-state index contributed by atoms with van der Waals surface area (Å²) >= 11 is 0. The maximum Gasteiger partial charge on any atom is 0.349 e. The first kappa shape index (κ1) is 40.8. The van der Waals surface area contributed by atoms with Crippen molar-refractivity contribution in [2.45, 2.75) is 142 Å². The van der Waals surface area contributed by atoms with E-state index in [0.717, 1.165) is 0 Å². The molecular formula is C34H58N6O9Si2. The molecule has 4 heterocycles. The third-order valence-corrected chi connectivity index (χ3v) is 19.4. The van der Waals surface area contributed by atoms with E-state index >= 15 is 0 Å². The molecule has 15 nitrogen and oxygen atoms in total. The molecule has 0 radical (unpaired) electrons. The minimum Gasteiger partial charge on any atom is -0.462 e. The predicted octanol–water partition coefficient (Wildman–Crippen LogP) is 5.05. The van der Waals surface area contributed by atoms with Gasteiger partial charge in [-0.25, -0.2) is 9.98 Å². The predicted molar refractivity (Wildman–Crippen MR) is 198 cm³/mol. The third kappa shape index (κ3) is 8.33. The highest BCUT2D eigenvalue weighted by Gasteiger charge is 2.66. The Balaban J connectivity index is 1.88. The molecule has 0 spiro atoms. The van der Waals surface area contributed by atoms with Gasteiger partial charge < -0.3 is 32.4 Å². The fourth-order valence-corrected chi connectivity index (χ4v) is 12.8. The Morgan fingerprint density at radius 3 is 2.25 bits per heavy atom. The van der Waals surface area contributed by atoms with Gasteiger partial charge in [-0.2, -0.15) is 4.98 Å². The number of ether oxygens (including phenoxy) is 3. The van der Waals surface area contributed by atoms with Gasteiger partial charge in [0.05, 0.1) is 25.8 Å². The lowest BCUT2D eigenvalue weighted by molar-refractivity contribution is -0.157. The molecule has 0 aromatic carbocycles. The Labute approximate surface area is 303 Å². The van der Waals surface area contributed by atoms with Crippen molar-refractivity contribution < 1.29 is 37.1 Å². The monoisotopic (exact) mass is 750 g/mol. The molecule has 1 unspecified atom stereocenters. The van der Waals surface area contributed by atoms with E-state index in [9.17, 15) is 14.4 Å². The first-order chi connectivity index (χ1) is 23.3. The van der Waals surface area contributed by atoms with Crippen molar-refractivity contribution >= 4 is 52.3 Å². The van der Waals surface area contributed by atoms with Crippen molar-refractivity contribution in [2.75, 3.05) is 27.3 Å². The SMILES string of the molecule is CC(=O)OCC(Cn1c(/N=C/N(C)C)nc2c(ncn2[C@@H]2O[C@@H]3CO[Si](C(C)(C)C)(C(C)(C)C)O[C@H]3[C@H]2O[Si](C)(C)C(C)(C)C)c1=O)OC(C)=O. The van der Waals surface area contributed by atoms with Gasteiger partial charge in [0.1, 0.15) is 24.9 Å². The number of fused-ring (bicyclic) bond motifs is 2. The quantitative estimate of drug-likeness (QED) is 0.138. The van der Waals surface area contributed by atoms with Crippen LogP contribution in [-0.4, -0.2) is 111 Å². The van der Waals surface area contributed by atoms with E-state index in [1.807, 2.05) is 0 Å². The van der Waals surface area contributed by atoms with Crippen LogP contribution in [0.15, 0.2) is 16.1 Å². The molecular weight excluding hydrogens is 693 g/mol. The Bertz CT molecular complexity index is 1670. The molecule has 0 amide bonds. The van der Waals surface area contributed by atoms with Gasteiger partial charge in [0.25, 0.3) is 5.56 Å². The highest BCUT2D eigenvalue weighted by Crippen LogP contribution is 2.56. The second kappa shape index (κ2) is 14.5. The molecule has 0 aliphatic carbocycles. The number of aliphatic imine (C=N–C) groups is 1. The van der Waals surface area contributed by atoms with E-state index in [-0.39, 0.29) is 45.4 Å². The molecule has 51 heavy (non-hydrogen) atoms. The summed E-state index contributed by atoms with van der Waals surface area (Å²) in [5.74, 6) is -1.11. The number of nitrogens with zero attached hydrogens (tertiary/aromatic N) is 6. The Hall–Kier alpha value is -2.97. The van der Waals surface area contributed by atoms with Crippen molar-refractivity contribution in [1.29, 1.82) is 0 Å². The van der Waals surface area contributed by atoms with Crippen molar-refractivity contribution in [3.05, 3.63) is 16.7 Å². The molecule has 0 bridgehead atoms. The van der Waals surface area contributed by atoms with E-state index in [1.165, 1.54) is 31.1 Å². The number of rotatable bonds is 10. The standard InChI is InChI=1S/C34H58N6O9Si2/c1-21(41)44-17-23(46-22(2)42)16-39-29(43)25-28(37-31(39)36-19-38(12)13)40(20-35-25)30-27(48-50(14,15)32(3,4)5)26-24(47-30)18-45-51(49-26,33(6,7)8)34(9,10)11/h19-20,23-24,26-27,30H,16-18H2,1-15H3/b36-19+/t23?,24-,26-,27-,30-/m1/s1. The molecule has 4 rings (SSSR count). The van der Waals surface area contributed by atoms with E-state index in [1.54, 1.807) is 23.6 Å². The second-order valence-corrected chi connectivity index (χ2v) is 26.8. The minimum atomic E-state index is -2.92. The summed E-state index contributed by atoms with van der Waals surface area (Å²) < 4.78 is 41.5. The van der Waals surface area contributed by atoms with Crippen LogP contribution in [0.2, 0.25) is 28.2 Å². The van der Waals surface area contributed by atoms with Gasteiger partial charge in [0.2, 0.25) is 5.95 Å². The van der Waals surface area contributed by atoms with E-state index < -0.39 is 65.0 Å². The van der Waals surface area contributed by atoms with Crippen molar-refractivity contribution in [1.82, 2.24) is 24.0 Å². The normalized spacial score (nSPS) is 23.4. The van der Waals surface area contributed by atoms with Crippen LogP contribution in [0.1, 0.15) is 82.4 Å². The molecule has 2 aromatic rings. The zero-order valence-corrected chi connectivity index (χ0v) is 35.0. The van der Waals surface area contributed by atoms with Gasteiger partial charge >= 0.3 is 20.5 Å². The molecule has 2 aliphatic heterocycles. The maximum atomic E-state index is 14.2. The van der Waals surface area contributed by atoms with Crippen LogP contribution in [0.25, 0.3) is 11.2 Å². The van der Waals surface area contributed by atoms with Crippen molar-refractivity contribution in [3.63, 3.8) is 0 Å². The van der Waals surface area contributed by atoms with Gasteiger partial charge in [0, 0.05) is 38.0 Å². The average Bonchev–Trinajstić information content (AvgIpc) is 3.54. The van der Waals surface area contributed by atoms with Crippen LogP contribution < -0.4 is 5.56 Å². The van der Waals surface area contributed by atoms with Crippen LogP contribution in [0.3, 0.4) is 0 Å². The number of esters is 2. The van der Waals surface area contributed by atoms with Crippen LogP contribution in [-0.2, 0) is 43.6 Å². The molecule has 2 aromatic heterocycles. The number of hydrogen-bond acceptors (Lipinski definition) is 12. The number of hydrogen-bond donors (Lipinski definition) is 0. The lowest BCUT2D eigenvalue weighted by Gasteiger charge is -2.54. The molecule has 2 aliphatic rings. The van der Waals surface area contributed by atoms with Gasteiger partial charge in [-0.05, 0) is 18.1 Å². The van der Waals surface area contributed by atoms with Gasteiger partial charge in [0.15, 0.2) is 31.8 Å². The van der Waals surface area contributed by atoms with Crippen LogP contribution in [0, 0.1) is 0 Å². The van der Waals surface area contributed by atoms with Gasteiger partial charge in [-0.15, -0.1) is 0 Å². The van der Waals surface area contributed by atoms with Crippen LogP contribution in [0.4, 0.5) is 5.95 Å². The van der Waals surface area contributed by atoms with Crippen LogP contribution >= 0.6 is 0 Å². The van der Waals surface area contributed by atoms with E-state index in [4.69, 9.17) is 32.5 Å². The molecule has 2 saturated heterocycles. The summed E-state index contributed by atoms with van der Waals surface area (Å²) in [6.07, 6.45) is -0.135. The maximum absolute atomic E-state index is 14.2. The Kier molecular flexibility index (Phi) is 11.6. The fraction of sp³-hybridized carbons (Fsp3) is 0.765. The van der Waals surface area contributed by atoms with E-state index in [0.29, 0.717) is 6.61 Å². The van der Waals surface area contributed by atoms with Crippen molar-refractivity contribution in [3.8, 4) is 0 Å². The van der Waals surface area contributed by atoms with E-state index in [2.05, 4.69) is 85.4 Å². The summed E-state index contributed by atoms with van der Waals surface area (Å²) in [4.78, 5) is 53.3. The van der Waals surface area contributed by atoms with Crippen LogP contribution in [0.5, 0.6) is 0 Å². The second-order valence-electron chi connectivity index (χ2n) is 17.3. The number of imidazole rings is 1. The summed E-state index contributed by atoms with van der Waals surface area (Å²) in [6, 6.07) is 0. The van der Waals surface area contributed by atoms with Crippen molar-refractivity contribution in [2.24, 2.45) is 4.99 Å². The topological polar surface area (TPSA) is 158 Å². The summed E-state index contributed by atoms with van der Waals surface area (Å²) in [5, 5.41) is -0.642. The molecule has 5 atom stereocenters. The lowest BCUT2D eigenvalue weighted by atomic mass is 10.1. The molecule has 17 heteroatoms. The first-order valence-electron chi connectivity index (χ1n) is 17.4. The first-order valence-corrected chi connectivity index (χ1v) is 22.2. The largest absolute Gasteiger partial charge is 0.462 e. The highest BCUT2D eigenvalue weighted by molar-refractivity contribution is 6.74. The van der Waals surface area contributed by atoms with Gasteiger partial charge in [-0.1, -0.05) is 62.3 Å². The summed E-state index contributed by atoms with van der Waals surface area (Å²) in [6.45, 7) is 26.4. The third-order valence-electron chi connectivity index (χ3n) is 9.78. The number of carbonyl (C=O) groups is 2. The Morgan fingerprint density at radius 2 is 1.73 bits per heavy atom.